The molecule has 0 unspecified atom stereocenters. The molecule has 0 bridgehead atoms. The van der Waals surface area contributed by atoms with Gasteiger partial charge in [0.25, 0.3) is 0 Å². The Hall–Kier alpha value is -3.06. The standard InChI is InChI=1S/C19H20N6O/c1-14-4-2-5-18(23-14)24-15-6-7-16(22-12-15)17-13-25(10-11-26-17)19-20-8-3-9-21-19/h2-9,12,17H,10-11,13H2,1H3,(H,23,24)/t17-/m0/s1. The van der Waals surface area contributed by atoms with Gasteiger partial charge < -0.3 is 15.0 Å². The zero-order valence-electron chi connectivity index (χ0n) is 14.5. The van der Waals surface area contributed by atoms with Crippen molar-refractivity contribution in [3.05, 3.63) is 66.4 Å². The summed E-state index contributed by atoms with van der Waals surface area (Å²) in [5.41, 5.74) is 2.76. The molecule has 3 aromatic heterocycles. The van der Waals surface area contributed by atoms with E-state index in [1.54, 1.807) is 18.6 Å². The van der Waals surface area contributed by atoms with E-state index in [1.807, 2.05) is 43.3 Å². The molecule has 3 aromatic rings. The molecule has 132 valence electrons. The molecule has 26 heavy (non-hydrogen) atoms. The number of aryl methyl sites for hydroxylation is 1. The number of ether oxygens (including phenoxy) is 1. The van der Waals surface area contributed by atoms with E-state index in [0.717, 1.165) is 35.4 Å². The summed E-state index contributed by atoms with van der Waals surface area (Å²) in [5, 5.41) is 3.26. The van der Waals surface area contributed by atoms with Gasteiger partial charge in [0.15, 0.2) is 0 Å². The highest BCUT2D eigenvalue weighted by Crippen LogP contribution is 2.24. The minimum absolute atomic E-state index is 0.0984. The van der Waals surface area contributed by atoms with Crippen LogP contribution in [0, 0.1) is 6.92 Å². The van der Waals surface area contributed by atoms with Gasteiger partial charge in [-0.05, 0) is 37.3 Å². The average molecular weight is 348 g/mol. The first-order valence-corrected chi connectivity index (χ1v) is 8.58. The maximum Gasteiger partial charge on any atom is 0.225 e. The number of anilines is 3. The Morgan fingerprint density at radius 2 is 1.96 bits per heavy atom. The van der Waals surface area contributed by atoms with Crippen LogP contribution < -0.4 is 10.2 Å². The van der Waals surface area contributed by atoms with Crippen LogP contribution in [0.25, 0.3) is 0 Å². The predicted molar refractivity (Wildman–Crippen MR) is 99.4 cm³/mol. The van der Waals surface area contributed by atoms with Crippen LogP contribution in [0.1, 0.15) is 17.5 Å². The predicted octanol–water partition coefficient (Wildman–Crippen LogP) is 2.90. The Labute approximate surface area is 152 Å². The van der Waals surface area contributed by atoms with E-state index in [0.29, 0.717) is 13.2 Å². The summed E-state index contributed by atoms with van der Waals surface area (Å²) in [7, 11) is 0. The van der Waals surface area contributed by atoms with Gasteiger partial charge in [0.2, 0.25) is 5.95 Å². The molecule has 4 rings (SSSR count). The van der Waals surface area contributed by atoms with Crippen LogP contribution in [-0.2, 0) is 4.74 Å². The lowest BCUT2D eigenvalue weighted by Crippen LogP contribution is -2.39. The van der Waals surface area contributed by atoms with Crippen molar-refractivity contribution >= 4 is 17.5 Å². The van der Waals surface area contributed by atoms with Crippen LogP contribution in [0.3, 0.4) is 0 Å². The van der Waals surface area contributed by atoms with Crippen molar-refractivity contribution in [3.63, 3.8) is 0 Å². The van der Waals surface area contributed by atoms with Gasteiger partial charge in [-0.3, -0.25) is 4.98 Å². The third-order valence-electron chi connectivity index (χ3n) is 4.18. The largest absolute Gasteiger partial charge is 0.368 e. The maximum atomic E-state index is 5.90. The van der Waals surface area contributed by atoms with E-state index in [-0.39, 0.29) is 6.10 Å². The molecule has 1 aliphatic rings. The smallest absolute Gasteiger partial charge is 0.225 e. The molecule has 0 radical (unpaired) electrons. The van der Waals surface area contributed by atoms with Gasteiger partial charge in [-0.25, -0.2) is 15.0 Å². The molecule has 1 atom stereocenters. The van der Waals surface area contributed by atoms with Crippen molar-refractivity contribution in [1.29, 1.82) is 0 Å². The van der Waals surface area contributed by atoms with Gasteiger partial charge >= 0.3 is 0 Å². The number of rotatable bonds is 4. The number of hydrogen-bond donors (Lipinski definition) is 1. The molecule has 1 fully saturated rings. The lowest BCUT2D eigenvalue weighted by atomic mass is 10.2. The van der Waals surface area contributed by atoms with Crippen LogP contribution in [0.4, 0.5) is 17.5 Å². The molecular formula is C19H20N6O. The second-order valence-electron chi connectivity index (χ2n) is 6.12. The van der Waals surface area contributed by atoms with E-state index in [2.05, 4.69) is 30.2 Å². The summed E-state index contributed by atoms with van der Waals surface area (Å²) in [6, 6.07) is 11.7. The third-order valence-corrected chi connectivity index (χ3v) is 4.18. The molecule has 7 nitrogen and oxygen atoms in total. The Morgan fingerprint density at radius 1 is 1.08 bits per heavy atom. The van der Waals surface area contributed by atoms with Crippen molar-refractivity contribution in [3.8, 4) is 0 Å². The summed E-state index contributed by atoms with van der Waals surface area (Å²) >= 11 is 0. The zero-order chi connectivity index (χ0) is 17.8. The highest BCUT2D eigenvalue weighted by Gasteiger charge is 2.24. The Balaban J connectivity index is 1.44. The normalized spacial score (nSPS) is 17.1. The fourth-order valence-corrected chi connectivity index (χ4v) is 2.89. The summed E-state index contributed by atoms with van der Waals surface area (Å²) in [6.45, 7) is 4.05. The highest BCUT2D eigenvalue weighted by atomic mass is 16.5. The zero-order valence-corrected chi connectivity index (χ0v) is 14.5. The average Bonchev–Trinajstić information content (AvgIpc) is 2.69. The Bertz CT molecular complexity index is 855. The molecule has 0 amide bonds. The molecule has 1 N–H and O–H groups in total. The molecule has 1 aliphatic heterocycles. The quantitative estimate of drug-likeness (QED) is 0.777. The number of nitrogens with one attached hydrogen (secondary N) is 1. The van der Waals surface area contributed by atoms with Crippen molar-refractivity contribution in [2.45, 2.75) is 13.0 Å². The summed E-state index contributed by atoms with van der Waals surface area (Å²) in [6.07, 6.45) is 5.22. The van der Waals surface area contributed by atoms with E-state index in [4.69, 9.17) is 4.74 Å². The molecule has 7 heteroatoms. The molecule has 1 saturated heterocycles. The van der Waals surface area contributed by atoms with Crippen LogP contribution in [0.15, 0.2) is 55.0 Å². The fraction of sp³-hybridized carbons (Fsp3) is 0.263. The second kappa shape index (κ2) is 7.45. The molecule has 0 aliphatic carbocycles. The van der Waals surface area contributed by atoms with Gasteiger partial charge in [-0.15, -0.1) is 0 Å². The number of morpholine rings is 1. The Kier molecular flexibility index (Phi) is 4.70. The minimum Gasteiger partial charge on any atom is -0.368 e. The number of pyridine rings is 2. The molecule has 0 aromatic carbocycles. The molecular weight excluding hydrogens is 328 g/mol. The molecule has 0 spiro atoms. The van der Waals surface area contributed by atoms with Gasteiger partial charge in [0.05, 0.1) is 30.7 Å². The minimum atomic E-state index is -0.0984. The first kappa shape index (κ1) is 16.4. The number of hydrogen-bond acceptors (Lipinski definition) is 7. The molecule has 4 heterocycles. The SMILES string of the molecule is Cc1cccc(Nc2ccc([C@@H]3CN(c4ncccn4)CCO3)nc2)n1. The van der Waals surface area contributed by atoms with E-state index in [9.17, 15) is 0 Å². The number of nitrogens with zero attached hydrogens (tertiary/aromatic N) is 5. The highest BCUT2D eigenvalue weighted by molar-refractivity contribution is 5.55. The second-order valence-corrected chi connectivity index (χ2v) is 6.12. The van der Waals surface area contributed by atoms with Crippen molar-refractivity contribution < 1.29 is 4.74 Å². The van der Waals surface area contributed by atoms with Gasteiger partial charge in [-0.2, -0.15) is 0 Å². The number of aromatic nitrogens is 4. The van der Waals surface area contributed by atoms with E-state index in [1.165, 1.54) is 0 Å². The first-order valence-electron chi connectivity index (χ1n) is 8.58. The van der Waals surface area contributed by atoms with Gasteiger partial charge in [0, 0.05) is 24.6 Å². The van der Waals surface area contributed by atoms with Gasteiger partial charge in [-0.1, -0.05) is 6.07 Å². The Morgan fingerprint density at radius 3 is 2.73 bits per heavy atom. The lowest BCUT2D eigenvalue weighted by Gasteiger charge is -2.32. The summed E-state index contributed by atoms with van der Waals surface area (Å²) < 4.78 is 5.90. The topological polar surface area (TPSA) is 76.1 Å². The van der Waals surface area contributed by atoms with Crippen LogP contribution >= 0.6 is 0 Å². The summed E-state index contributed by atoms with van der Waals surface area (Å²) in [5.74, 6) is 1.53. The van der Waals surface area contributed by atoms with E-state index < -0.39 is 0 Å². The van der Waals surface area contributed by atoms with Crippen molar-refractivity contribution in [1.82, 2.24) is 19.9 Å². The third kappa shape index (κ3) is 3.78. The van der Waals surface area contributed by atoms with Crippen LogP contribution in [0.5, 0.6) is 0 Å². The van der Waals surface area contributed by atoms with E-state index >= 15 is 0 Å². The van der Waals surface area contributed by atoms with Gasteiger partial charge in [0.1, 0.15) is 11.9 Å². The maximum absolute atomic E-state index is 5.90. The van der Waals surface area contributed by atoms with Crippen LogP contribution in [0.2, 0.25) is 0 Å². The monoisotopic (exact) mass is 348 g/mol. The van der Waals surface area contributed by atoms with Crippen molar-refractivity contribution in [2.24, 2.45) is 0 Å². The lowest BCUT2D eigenvalue weighted by molar-refractivity contribution is 0.0365. The van der Waals surface area contributed by atoms with Crippen LogP contribution in [-0.4, -0.2) is 39.6 Å². The molecule has 0 saturated carbocycles. The fourth-order valence-electron chi connectivity index (χ4n) is 2.89. The van der Waals surface area contributed by atoms with Crippen molar-refractivity contribution in [2.75, 3.05) is 29.9 Å². The first-order chi connectivity index (χ1) is 12.8. The summed E-state index contributed by atoms with van der Waals surface area (Å²) in [4.78, 5) is 19.8.